The van der Waals surface area contributed by atoms with Crippen LogP contribution in [0.2, 0.25) is 0 Å². The van der Waals surface area contributed by atoms with Crippen LogP contribution in [-0.4, -0.2) is 17.7 Å². The number of benzene rings is 1. The van der Waals surface area contributed by atoms with Crippen molar-refractivity contribution in [2.45, 2.75) is 18.9 Å². The predicted molar refractivity (Wildman–Crippen MR) is 65.7 cm³/mol. The predicted octanol–water partition coefficient (Wildman–Crippen LogP) is 1.70. The summed E-state index contributed by atoms with van der Waals surface area (Å²) in [7, 11) is 0. The summed E-state index contributed by atoms with van der Waals surface area (Å²) in [6.45, 7) is 0.253. The Labute approximate surface area is 104 Å². The standard InChI is InChI=1S/C12H15N3O3/c13-8(4-3-7-17-12(14)16)11-15-9-5-1-2-6-10(9)18-11/h1-2,5-6,8H,3-4,7,13H2,(H2,14,16)/t8-/m0/s1. The highest BCUT2D eigenvalue weighted by atomic mass is 16.5. The van der Waals surface area contributed by atoms with Crippen molar-refractivity contribution in [3.63, 3.8) is 0 Å². The van der Waals surface area contributed by atoms with Gasteiger partial charge in [-0.1, -0.05) is 12.1 Å². The van der Waals surface area contributed by atoms with Crippen LogP contribution in [0.5, 0.6) is 0 Å². The van der Waals surface area contributed by atoms with Crippen molar-refractivity contribution in [1.82, 2.24) is 4.98 Å². The van der Waals surface area contributed by atoms with Crippen molar-refractivity contribution in [3.05, 3.63) is 30.2 Å². The Bertz CT molecular complexity index is 505. The summed E-state index contributed by atoms with van der Waals surface area (Å²) in [5.74, 6) is 0.496. The summed E-state index contributed by atoms with van der Waals surface area (Å²) in [5.41, 5.74) is 12.3. The summed E-state index contributed by atoms with van der Waals surface area (Å²) >= 11 is 0. The number of nitrogens with two attached hydrogens (primary N) is 2. The van der Waals surface area contributed by atoms with E-state index in [0.29, 0.717) is 18.7 Å². The number of carbonyl (C=O) groups is 1. The molecule has 0 aliphatic rings. The normalized spacial score (nSPS) is 12.5. The molecule has 0 saturated heterocycles. The highest BCUT2D eigenvalue weighted by molar-refractivity contribution is 5.72. The Morgan fingerprint density at radius 1 is 1.44 bits per heavy atom. The Kier molecular flexibility index (Phi) is 3.78. The first-order chi connectivity index (χ1) is 8.66. The Balaban J connectivity index is 1.92. The Morgan fingerprint density at radius 3 is 2.94 bits per heavy atom. The van der Waals surface area contributed by atoms with Gasteiger partial charge in [0.2, 0.25) is 5.89 Å². The zero-order valence-corrected chi connectivity index (χ0v) is 9.83. The van der Waals surface area contributed by atoms with E-state index in [-0.39, 0.29) is 12.6 Å². The van der Waals surface area contributed by atoms with E-state index in [0.717, 1.165) is 11.1 Å². The van der Waals surface area contributed by atoms with E-state index in [1.165, 1.54) is 0 Å². The number of carbonyl (C=O) groups excluding carboxylic acids is 1. The molecule has 0 fully saturated rings. The van der Waals surface area contributed by atoms with Gasteiger partial charge in [-0.15, -0.1) is 0 Å². The molecule has 1 atom stereocenters. The van der Waals surface area contributed by atoms with E-state index >= 15 is 0 Å². The van der Waals surface area contributed by atoms with Crippen LogP contribution in [0.3, 0.4) is 0 Å². The number of hydrogen-bond acceptors (Lipinski definition) is 5. The molecule has 1 heterocycles. The number of para-hydroxylation sites is 2. The van der Waals surface area contributed by atoms with Gasteiger partial charge in [0, 0.05) is 0 Å². The van der Waals surface area contributed by atoms with E-state index < -0.39 is 6.09 Å². The van der Waals surface area contributed by atoms with Crippen LogP contribution in [-0.2, 0) is 4.74 Å². The second-order valence-corrected chi connectivity index (χ2v) is 3.94. The van der Waals surface area contributed by atoms with E-state index in [1.54, 1.807) is 0 Å². The molecule has 6 heteroatoms. The van der Waals surface area contributed by atoms with Crippen molar-refractivity contribution in [2.75, 3.05) is 6.61 Å². The lowest BCUT2D eigenvalue weighted by atomic mass is 10.2. The maximum atomic E-state index is 10.4. The summed E-state index contributed by atoms with van der Waals surface area (Å²) < 4.78 is 10.2. The largest absolute Gasteiger partial charge is 0.450 e. The number of primary amides is 1. The minimum Gasteiger partial charge on any atom is -0.450 e. The van der Waals surface area contributed by atoms with Crippen LogP contribution in [0.1, 0.15) is 24.8 Å². The molecule has 1 aromatic carbocycles. The average molecular weight is 249 g/mol. The second-order valence-electron chi connectivity index (χ2n) is 3.94. The lowest BCUT2D eigenvalue weighted by Gasteiger charge is -2.06. The summed E-state index contributed by atoms with van der Waals surface area (Å²) in [4.78, 5) is 14.7. The molecule has 0 radical (unpaired) electrons. The number of oxazole rings is 1. The molecule has 0 unspecified atom stereocenters. The monoisotopic (exact) mass is 249 g/mol. The minimum absolute atomic E-state index is 0.253. The highest BCUT2D eigenvalue weighted by Gasteiger charge is 2.13. The molecule has 0 aliphatic carbocycles. The van der Waals surface area contributed by atoms with Gasteiger partial charge in [-0.05, 0) is 25.0 Å². The van der Waals surface area contributed by atoms with Gasteiger partial charge < -0.3 is 20.6 Å². The number of amides is 1. The van der Waals surface area contributed by atoms with Gasteiger partial charge in [0.15, 0.2) is 5.58 Å². The van der Waals surface area contributed by atoms with Crippen LogP contribution in [0, 0.1) is 0 Å². The van der Waals surface area contributed by atoms with Gasteiger partial charge in [0.05, 0.1) is 12.6 Å². The molecule has 1 amide bonds. The molecule has 2 rings (SSSR count). The van der Waals surface area contributed by atoms with Crippen molar-refractivity contribution in [3.8, 4) is 0 Å². The summed E-state index contributed by atoms with van der Waals surface area (Å²) in [5, 5.41) is 0. The SMILES string of the molecule is NC(=O)OCCC[C@H](N)c1nc2ccccc2o1. The van der Waals surface area contributed by atoms with Gasteiger partial charge in [0.1, 0.15) is 5.52 Å². The topological polar surface area (TPSA) is 104 Å². The molecule has 18 heavy (non-hydrogen) atoms. The van der Waals surface area contributed by atoms with E-state index in [1.807, 2.05) is 24.3 Å². The summed E-state index contributed by atoms with van der Waals surface area (Å²) in [6.07, 6.45) is 0.452. The maximum absolute atomic E-state index is 10.4. The summed E-state index contributed by atoms with van der Waals surface area (Å²) in [6, 6.07) is 7.17. The van der Waals surface area contributed by atoms with Crippen molar-refractivity contribution >= 4 is 17.2 Å². The van der Waals surface area contributed by atoms with Crippen molar-refractivity contribution < 1.29 is 13.9 Å². The molecule has 6 nitrogen and oxygen atoms in total. The average Bonchev–Trinajstić information content (AvgIpc) is 2.78. The third kappa shape index (κ3) is 2.98. The molecule has 1 aromatic heterocycles. The van der Waals surface area contributed by atoms with Gasteiger partial charge in [-0.2, -0.15) is 0 Å². The molecule has 0 aliphatic heterocycles. The van der Waals surface area contributed by atoms with E-state index in [9.17, 15) is 4.79 Å². The smallest absolute Gasteiger partial charge is 0.404 e. The maximum Gasteiger partial charge on any atom is 0.404 e. The molecular weight excluding hydrogens is 234 g/mol. The second kappa shape index (κ2) is 5.50. The third-order valence-electron chi connectivity index (χ3n) is 2.53. The molecule has 4 N–H and O–H groups in total. The fourth-order valence-electron chi connectivity index (χ4n) is 1.65. The molecule has 0 saturated carbocycles. The van der Waals surface area contributed by atoms with E-state index in [2.05, 4.69) is 9.72 Å². The minimum atomic E-state index is -0.773. The molecular formula is C12H15N3O3. The molecule has 0 spiro atoms. The lowest BCUT2D eigenvalue weighted by molar-refractivity contribution is 0.153. The lowest BCUT2D eigenvalue weighted by Crippen LogP contribution is -2.16. The fourth-order valence-corrected chi connectivity index (χ4v) is 1.65. The first kappa shape index (κ1) is 12.4. The van der Waals surface area contributed by atoms with Gasteiger partial charge >= 0.3 is 6.09 Å². The van der Waals surface area contributed by atoms with Crippen molar-refractivity contribution in [2.24, 2.45) is 11.5 Å². The number of hydrogen-bond donors (Lipinski definition) is 2. The van der Waals surface area contributed by atoms with Crippen LogP contribution in [0.15, 0.2) is 28.7 Å². The van der Waals surface area contributed by atoms with Gasteiger partial charge in [0.25, 0.3) is 0 Å². The van der Waals surface area contributed by atoms with Gasteiger partial charge in [-0.25, -0.2) is 9.78 Å². The van der Waals surface area contributed by atoms with Crippen LogP contribution < -0.4 is 11.5 Å². The number of nitrogens with zero attached hydrogens (tertiary/aromatic N) is 1. The highest BCUT2D eigenvalue weighted by Crippen LogP contribution is 2.21. The first-order valence-corrected chi connectivity index (χ1v) is 5.70. The molecule has 96 valence electrons. The third-order valence-corrected chi connectivity index (χ3v) is 2.53. The number of aromatic nitrogens is 1. The Hall–Kier alpha value is -2.08. The Morgan fingerprint density at radius 2 is 2.22 bits per heavy atom. The molecule has 0 bridgehead atoms. The first-order valence-electron chi connectivity index (χ1n) is 5.70. The zero-order valence-electron chi connectivity index (χ0n) is 9.83. The fraction of sp³-hybridized carbons (Fsp3) is 0.333. The number of fused-ring (bicyclic) bond motifs is 1. The molecule has 2 aromatic rings. The zero-order chi connectivity index (χ0) is 13.0. The van der Waals surface area contributed by atoms with Crippen molar-refractivity contribution in [1.29, 1.82) is 0 Å². The number of ether oxygens (including phenoxy) is 1. The van der Waals surface area contributed by atoms with Crippen LogP contribution in [0.4, 0.5) is 4.79 Å². The number of rotatable bonds is 5. The van der Waals surface area contributed by atoms with Crippen LogP contribution >= 0.6 is 0 Å². The van der Waals surface area contributed by atoms with Crippen LogP contribution in [0.25, 0.3) is 11.1 Å². The van der Waals surface area contributed by atoms with Gasteiger partial charge in [-0.3, -0.25) is 0 Å². The quantitative estimate of drug-likeness (QED) is 0.785. The van der Waals surface area contributed by atoms with E-state index in [4.69, 9.17) is 15.9 Å².